The standard InChI is InChI=1S/C19H24F3N5O/c1-3-4-5-14-6-7-15(13(2)12-14)26-18(28)25-11-10-24-17-23-9-8-16(27-17)19(20,21)22/h6-9,12H,3-5,10-11H2,1-2H3,(H,23,24,27)(H2,25,26,28). The SMILES string of the molecule is CCCCc1ccc(NC(=O)NCCNc2nccc(C(F)(F)F)n2)c(C)c1. The highest BCUT2D eigenvalue weighted by Gasteiger charge is 2.32. The molecule has 1 aromatic carbocycles. The normalized spacial score (nSPS) is 11.2. The third-order valence-electron chi connectivity index (χ3n) is 4.00. The van der Waals surface area contributed by atoms with Gasteiger partial charge < -0.3 is 16.0 Å². The van der Waals surface area contributed by atoms with Crippen molar-refractivity contribution in [2.24, 2.45) is 0 Å². The van der Waals surface area contributed by atoms with Crippen molar-refractivity contribution in [2.75, 3.05) is 23.7 Å². The maximum absolute atomic E-state index is 12.6. The minimum Gasteiger partial charge on any atom is -0.352 e. The summed E-state index contributed by atoms with van der Waals surface area (Å²) in [4.78, 5) is 19.1. The Kier molecular flexibility index (Phi) is 7.60. The number of hydrogen-bond donors (Lipinski definition) is 3. The average Bonchev–Trinajstić information content (AvgIpc) is 2.65. The molecule has 2 aromatic rings. The minimum atomic E-state index is -4.53. The third kappa shape index (κ3) is 6.71. The molecule has 1 heterocycles. The molecule has 3 N–H and O–H groups in total. The van der Waals surface area contributed by atoms with E-state index in [9.17, 15) is 18.0 Å². The molecule has 1 aromatic heterocycles. The highest BCUT2D eigenvalue weighted by molar-refractivity contribution is 5.90. The molecular weight excluding hydrogens is 371 g/mol. The number of carbonyl (C=O) groups is 1. The Hall–Kier alpha value is -2.84. The highest BCUT2D eigenvalue weighted by atomic mass is 19.4. The molecule has 0 aliphatic rings. The second kappa shape index (κ2) is 9.91. The van der Waals surface area contributed by atoms with Gasteiger partial charge in [0.15, 0.2) is 0 Å². The van der Waals surface area contributed by atoms with Crippen LogP contribution in [0.5, 0.6) is 0 Å². The number of unbranched alkanes of at least 4 members (excludes halogenated alkanes) is 1. The molecule has 2 rings (SSSR count). The molecule has 28 heavy (non-hydrogen) atoms. The molecule has 0 saturated carbocycles. The first-order valence-electron chi connectivity index (χ1n) is 9.08. The van der Waals surface area contributed by atoms with Crippen LogP contribution < -0.4 is 16.0 Å². The summed E-state index contributed by atoms with van der Waals surface area (Å²) in [5.74, 6) is -0.143. The zero-order chi connectivity index (χ0) is 20.6. The average molecular weight is 395 g/mol. The number of urea groups is 1. The number of amides is 2. The maximum Gasteiger partial charge on any atom is 0.433 e. The zero-order valence-electron chi connectivity index (χ0n) is 15.9. The Bertz CT molecular complexity index is 795. The van der Waals surface area contributed by atoms with E-state index in [1.165, 1.54) is 5.56 Å². The molecule has 152 valence electrons. The second-order valence-corrected chi connectivity index (χ2v) is 6.32. The molecule has 0 saturated heterocycles. The van der Waals surface area contributed by atoms with E-state index in [-0.39, 0.29) is 19.0 Å². The Morgan fingerprint density at radius 1 is 1.18 bits per heavy atom. The summed E-state index contributed by atoms with van der Waals surface area (Å²) in [7, 11) is 0. The van der Waals surface area contributed by atoms with Gasteiger partial charge in [-0.3, -0.25) is 0 Å². The van der Waals surface area contributed by atoms with Gasteiger partial charge >= 0.3 is 12.2 Å². The van der Waals surface area contributed by atoms with Gasteiger partial charge in [-0.05, 0) is 43.0 Å². The van der Waals surface area contributed by atoms with Crippen molar-refractivity contribution >= 4 is 17.7 Å². The predicted molar refractivity (Wildman–Crippen MR) is 102 cm³/mol. The van der Waals surface area contributed by atoms with Gasteiger partial charge in [-0.2, -0.15) is 13.2 Å². The van der Waals surface area contributed by atoms with E-state index in [0.717, 1.165) is 37.1 Å². The number of aromatic nitrogens is 2. The predicted octanol–water partition coefficient (Wildman–Crippen LogP) is 4.38. The van der Waals surface area contributed by atoms with Crippen molar-refractivity contribution in [1.29, 1.82) is 0 Å². The fraction of sp³-hybridized carbons (Fsp3) is 0.421. The Balaban J connectivity index is 1.77. The van der Waals surface area contributed by atoms with Crippen molar-refractivity contribution < 1.29 is 18.0 Å². The number of carbonyl (C=O) groups excluding carboxylic acids is 1. The number of hydrogen-bond acceptors (Lipinski definition) is 4. The molecule has 2 amide bonds. The smallest absolute Gasteiger partial charge is 0.352 e. The Labute approximate surface area is 162 Å². The molecule has 0 aliphatic heterocycles. The van der Waals surface area contributed by atoms with E-state index in [4.69, 9.17) is 0 Å². The first-order chi connectivity index (χ1) is 13.3. The van der Waals surface area contributed by atoms with Crippen LogP contribution >= 0.6 is 0 Å². The minimum absolute atomic E-state index is 0.143. The van der Waals surface area contributed by atoms with Crippen LogP contribution in [0.3, 0.4) is 0 Å². The fourth-order valence-corrected chi connectivity index (χ4v) is 2.52. The van der Waals surface area contributed by atoms with Crippen LogP contribution in [0.25, 0.3) is 0 Å². The number of nitrogens with one attached hydrogen (secondary N) is 3. The lowest BCUT2D eigenvalue weighted by molar-refractivity contribution is -0.141. The van der Waals surface area contributed by atoms with E-state index in [1.54, 1.807) is 0 Å². The van der Waals surface area contributed by atoms with Gasteiger partial charge in [-0.1, -0.05) is 25.5 Å². The number of rotatable bonds is 8. The lowest BCUT2D eigenvalue weighted by Gasteiger charge is -2.12. The molecule has 0 radical (unpaired) electrons. The summed E-state index contributed by atoms with van der Waals surface area (Å²) in [6.45, 7) is 4.45. The van der Waals surface area contributed by atoms with E-state index in [2.05, 4.69) is 38.9 Å². The van der Waals surface area contributed by atoms with Gasteiger partial charge in [-0.25, -0.2) is 14.8 Å². The zero-order valence-corrected chi connectivity index (χ0v) is 15.9. The third-order valence-corrected chi connectivity index (χ3v) is 4.00. The number of benzene rings is 1. The fourth-order valence-electron chi connectivity index (χ4n) is 2.52. The Morgan fingerprint density at radius 3 is 2.64 bits per heavy atom. The van der Waals surface area contributed by atoms with Crippen LogP contribution in [0.1, 0.15) is 36.6 Å². The summed E-state index contributed by atoms with van der Waals surface area (Å²) in [6, 6.07) is 6.32. The summed E-state index contributed by atoms with van der Waals surface area (Å²) < 4.78 is 37.8. The van der Waals surface area contributed by atoms with Crippen LogP contribution in [0.15, 0.2) is 30.5 Å². The van der Waals surface area contributed by atoms with Gasteiger partial charge in [0.2, 0.25) is 5.95 Å². The van der Waals surface area contributed by atoms with Crippen LogP contribution in [-0.4, -0.2) is 29.1 Å². The lowest BCUT2D eigenvalue weighted by atomic mass is 10.0. The number of alkyl halides is 3. The summed E-state index contributed by atoms with van der Waals surface area (Å²) in [5, 5.41) is 8.05. The van der Waals surface area contributed by atoms with Crippen molar-refractivity contribution in [3.8, 4) is 0 Å². The molecule has 0 fully saturated rings. The van der Waals surface area contributed by atoms with Gasteiger partial charge in [-0.15, -0.1) is 0 Å². The van der Waals surface area contributed by atoms with Gasteiger partial charge in [0.1, 0.15) is 5.69 Å². The van der Waals surface area contributed by atoms with Crippen LogP contribution in [-0.2, 0) is 12.6 Å². The van der Waals surface area contributed by atoms with E-state index in [0.29, 0.717) is 5.69 Å². The molecule has 9 heteroatoms. The number of nitrogens with zero attached hydrogens (tertiary/aromatic N) is 2. The second-order valence-electron chi connectivity index (χ2n) is 6.32. The molecule has 0 atom stereocenters. The van der Waals surface area contributed by atoms with E-state index < -0.39 is 17.9 Å². The van der Waals surface area contributed by atoms with E-state index in [1.807, 2.05) is 19.1 Å². The lowest BCUT2D eigenvalue weighted by Crippen LogP contribution is -2.33. The Morgan fingerprint density at radius 2 is 1.96 bits per heavy atom. The summed E-state index contributed by atoms with van der Waals surface area (Å²) in [5.41, 5.74) is 1.90. The van der Waals surface area contributed by atoms with E-state index >= 15 is 0 Å². The molecule has 0 spiro atoms. The maximum atomic E-state index is 12.6. The highest BCUT2D eigenvalue weighted by Crippen LogP contribution is 2.27. The largest absolute Gasteiger partial charge is 0.433 e. The van der Waals surface area contributed by atoms with Crippen molar-refractivity contribution in [3.63, 3.8) is 0 Å². The topological polar surface area (TPSA) is 78.9 Å². The van der Waals surface area contributed by atoms with Crippen LogP contribution in [0.2, 0.25) is 0 Å². The molecule has 0 unspecified atom stereocenters. The monoisotopic (exact) mass is 395 g/mol. The first-order valence-corrected chi connectivity index (χ1v) is 9.08. The first kappa shape index (κ1) is 21.5. The molecule has 0 aliphatic carbocycles. The van der Waals surface area contributed by atoms with Crippen molar-refractivity contribution in [3.05, 3.63) is 47.3 Å². The van der Waals surface area contributed by atoms with Crippen LogP contribution in [0, 0.1) is 6.92 Å². The van der Waals surface area contributed by atoms with Gasteiger partial charge in [0, 0.05) is 25.0 Å². The van der Waals surface area contributed by atoms with Gasteiger partial charge in [0.25, 0.3) is 0 Å². The van der Waals surface area contributed by atoms with Crippen molar-refractivity contribution in [2.45, 2.75) is 39.3 Å². The van der Waals surface area contributed by atoms with Gasteiger partial charge in [0.05, 0.1) is 0 Å². The quantitative estimate of drug-likeness (QED) is 0.580. The van der Waals surface area contributed by atoms with Crippen molar-refractivity contribution in [1.82, 2.24) is 15.3 Å². The summed E-state index contributed by atoms with van der Waals surface area (Å²) in [6.07, 6.45) is -0.240. The van der Waals surface area contributed by atoms with Crippen LogP contribution in [0.4, 0.5) is 29.6 Å². The molecule has 0 bridgehead atoms. The number of anilines is 2. The molecule has 6 nitrogen and oxygen atoms in total. The number of aryl methyl sites for hydroxylation is 2. The molecular formula is C19H24F3N5O. The number of halogens is 3. The summed E-state index contributed by atoms with van der Waals surface area (Å²) >= 11 is 0.